The first-order chi connectivity index (χ1) is 13.4. The number of pyridine rings is 1. The maximum atomic E-state index is 12.6. The van der Waals surface area contributed by atoms with E-state index in [1.54, 1.807) is 36.5 Å². The van der Waals surface area contributed by atoms with E-state index in [4.69, 9.17) is 5.26 Å². The molecule has 0 aliphatic heterocycles. The number of carbonyl (C=O) groups is 1. The van der Waals surface area contributed by atoms with Gasteiger partial charge in [0, 0.05) is 23.3 Å². The van der Waals surface area contributed by atoms with Crippen molar-refractivity contribution in [3.63, 3.8) is 0 Å². The van der Waals surface area contributed by atoms with E-state index in [0.29, 0.717) is 16.9 Å². The van der Waals surface area contributed by atoms with Crippen LogP contribution in [0.3, 0.4) is 0 Å². The second-order valence-electron chi connectivity index (χ2n) is 7.50. The molecule has 140 valence electrons. The molecule has 0 aliphatic carbocycles. The lowest BCUT2D eigenvalue weighted by atomic mass is 9.86. The highest BCUT2D eigenvalue weighted by molar-refractivity contribution is 6.03. The summed E-state index contributed by atoms with van der Waals surface area (Å²) < 4.78 is 0. The third-order valence-electron chi connectivity index (χ3n) is 4.26. The Kier molecular flexibility index (Phi) is 5.42. The molecule has 0 aliphatic rings. The van der Waals surface area contributed by atoms with Crippen molar-refractivity contribution >= 4 is 23.0 Å². The Morgan fingerprint density at radius 3 is 2.54 bits per heavy atom. The van der Waals surface area contributed by atoms with Gasteiger partial charge in [0.25, 0.3) is 5.91 Å². The highest BCUT2D eigenvalue weighted by atomic mass is 16.1. The van der Waals surface area contributed by atoms with Crippen LogP contribution in [0, 0.1) is 11.3 Å². The number of carbonyl (C=O) groups excluding carboxylic acids is 1. The number of aromatic nitrogens is 1. The summed E-state index contributed by atoms with van der Waals surface area (Å²) in [6.07, 6.45) is 1.60. The number of hydrogen-bond acceptors (Lipinski definition) is 4. The molecule has 1 amide bonds. The number of benzene rings is 2. The molecule has 5 heteroatoms. The topological polar surface area (TPSA) is 77.8 Å². The first kappa shape index (κ1) is 19.1. The van der Waals surface area contributed by atoms with Crippen LogP contribution in [0.1, 0.15) is 42.4 Å². The smallest absolute Gasteiger partial charge is 0.274 e. The number of nitrogens with one attached hydrogen (secondary N) is 2. The zero-order chi connectivity index (χ0) is 20.1. The number of nitrogens with zero attached hydrogens (tertiary/aromatic N) is 2. The van der Waals surface area contributed by atoms with Crippen LogP contribution >= 0.6 is 0 Å². The van der Waals surface area contributed by atoms with E-state index in [1.165, 1.54) is 5.56 Å². The Bertz CT molecular complexity index is 1040. The fourth-order valence-electron chi connectivity index (χ4n) is 2.90. The van der Waals surface area contributed by atoms with Gasteiger partial charge in [-0.1, -0.05) is 45.0 Å². The summed E-state index contributed by atoms with van der Waals surface area (Å²) in [7, 11) is 0. The predicted molar refractivity (Wildman–Crippen MR) is 112 cm³/mol. The van der Waals surface area contributed by atoms with E-state index >= 15 is 0 Å². The van der Waals surface area contributed by atoms with Crippen LogP contribution in [0.25, 0.3) is 0 Å². The van der Waals surface area contributed by atoms with Crippen LogP contribution in [0.5, 0.6) is 0 Å². The van der Waals surface area contributed by atoms with Gasteiger partial charge in [-0.25, -0.2) is 0 Å². The summed E-state index contributed by atoms with van der Waals surface area (Å²) in [5.74, 6) is -0.331. The average Bonchev–Trinajstić information content (AvgIpc) is 2.68. The SMILES string of the molecule is CC(C)(C)c1ccccc1Nc1ccnc(C(=O)Nc2cccc(C#N)c2)c1. The van der Waals surface area contributed by atoms with Gasteiger partial charge in [-0.3, -0.25) is 9.78 Å². The van der Waals surface area contributed by atoms with Crippen molar-refractivity contribution in [2.75, 3.05) is 10.6 Å². The van der Waals surface area contributed by atoms with Gasteiger partial charge in [0.2, 0.25) is 0 Å². The van der Waals surface area contributed by atoms with Crippen LogP contribution in [-0.4, -0.2) is 10.9 Å². The number of rotatable bonds is 4. The van der Waals surface area contributed by atoms with Gasteiger partial charge >= 0.3 is 0 Å². The zero-order valence-electron chi connectivity index (χ0n) is 16.2. The van der Waals surface area contributed by atoms with Crippen LogP contribution < -0.4 is 10.6 Å². The van der Waals surface area contributed by atoms with Crippen molar-refractivity contribution in [2.45, 2.75) is 26.2 Å². The summed E-state index contributed by atoms with van der Waals surface area (Å²) in [6, 6.07) is 20.5. The van der Waals surface area contributed by atoms with E-state index < -0.39 is 0 Å². The molecule has 1 aromatic heterocycles. The quantitative estimate of drug-likeness (QED) is 0.658. The molecule has 0 fully saturated rings. The summed E-state index contributed by atoms with van der Waals surface area (Å²) in [5.41, 5.74) is 4.29. The minimum absolute atomic E-state index is 0.0113. The lowest BCUT2D eigenvalue weighted by molar-refractivity contribution is 0.102. The van der Waals surface area contributed by atoms with Gasteiger partial charge in [-0.15, -0.1) is 0 Å². The first-order valence-electron chi connectivity index (χ1n) is 9.01. The van der Waals surface area contributed by atoms with Crippen LogP contribution in [0.2, 0.25) is 0 Å². The van der Waals surface area contributed by atoms with Crippen LogP contribution in [0.15, 0.2) is 66.9 Å². The molecule has 0 saturated heterocycles. The largest absolute Gasteiger partial charge is 0.355 e. The third-order valence-corrected chi connectivity index (χ3v) is 4.26. The normalized spacial score (nSPS) is 10.8. The molecule has 0 atom stereocenters. The molecule has 2 N–H and O–H groups in total. The van der Waals surface area contributed by atoms with E-state index in [0.717, 1.165) is 11.4 Å². The minimum atomic E-state index is -0.331. The first-order valence-corrected chi connectivity index (χ1v) is 9.01. The van der Waals surface area contributed by atoms with E-state index in [9.17, 15) is 4.79 Å². The molecule has 28 heavy (non-hydrogen) atoms. The molecule has 0 unspecified atom stereocenters. The van der Waals surface area contributed by atoms with Crippen LogP contribution in [-0.2, 0) is 5.41 Å². The molecule has 1 heterocycles. The fraction of sp³-hybridized carbons (Fsp3) is 0.174. The Hall–Kier alpha value is -3.65. The van der Waals surface area contributed by atoms with Gasteiger partial charge in [0.1, 0.15) is 5.69 Å². The Morgan fingerprint density at radius 2 is 1.79 bits per heavy atom. The van der Waals surface area contributed by atoms with E-state index in [1.807, 2.05) is 24.3 Å². The maximum Gasteiger partial charge on any atom is 0.274 e. The molecule has 2 aromatic carbocycles. The zero-order valence-corrected chi connectivity index (χ0v) is 16.2. The van der Waals surface area contributed by atoms with Gasteiger partial charge in [0.05, 0.1) is 11.6 Å². The molecule has 0 bridgehead atoms. The van der Waals surface area contributed by atoms with E-state index in [-0.39, 0.29) is 11.3 Å². The number of nitriles is 1. The lowest BCUT2D eigenvalue weighted by Gasteiger charge is -2.23. The number of hydrogen-bond donors (Lipinski definition) is 2. The lowest BCUT2D eigenvalue weighted by Crippen LogP contribution is -2.15. The molecule has 3 aromatic rings. The minimum Gasteiger partial charge on any atom is -0.355 e. The molecule has 3 rings (SSSR count). The van der Waals surface area contributed by atoms with Crippen molar-refractivity contribution in [3.8, 4) is 6.07 Å². The third kappa shape index (κ3) is 4.54. The maximum absolute atomic E-state index is 12.6. The molecule has 0 saturated carbocycles. The Labute approximate surface area is 165 Å². The number of amides is 1. The monoisotopic (exact) mass is 370 g/mol. The van der Waals surface area contributed by atoms with Gasteiger partial charge in [-0.2, -0.15) is 5.26 Å². The van der Waals surface area contributed by atoms with Crippen molar-refractivity contribution in [1.29, 1.82) is 5.26 Å². The highest BCUT2D eigenvalue weighted by Crippen LogP contribution is 2.31. The highest BCUT2D eigenvalue weighted by Gasteiger charge is 2.17. The molecule has 0 radical (unpaired) electrons. The van der Waals surface area contributed by atoms with Gasteiger partial charge < -0.3 is 10.6 Å². The second kappa shape index (κ2) is 7.93. The Morgan fingerprint density at radius 1 is 1.00 bits per heavy atom. The van der Waals surface area contributed by atoms with Gasteiger partial charge in [0.15, 0.2) is 0 Å². The summed E-state index contributed by atoms with van der Waals surface area (Å²) in [6.45, 7) is 6.48. The molecular weight excluding hydrogens is 348 g/mol. The van der Waals surface area contributed by atoms with Crippen molar-refractivity contribution < 1.29 is 4.79 Å². The summed E-state index contributed by atoms with van der Waals surface area (Å²) in [5, 5.41) is 15.2. The van der Waals surface area contributed by atoms with Crippen molar-refractivity contribution in [2.24, 2.45) is 0 Å². The summed E-state index contributed by atoms with van der Waals surface area (Å²) >= 11 is 0. The second-order valence-corrected chi connectivity index (χ2v) is 7.50. The standard InChI is InChI=1S/C23H22N4O/c1-23(2,3)19-9-4-5-10-20(19)26-18-11-12-25-21(14-18)22(28)27-17-8-6-7-16(13-17)15-24/h4-14H,1-3H3,(H,25,26)(H,27,28). The van der Waals surface area contributed by atoms with Gasteiger partial charge in [-0.05, 0) is 47.4 Å². The molecular formula is C23H22N4O. The number of anilines is 3. The fourth-order valence-corrected chi connectivity index (χ4v) is 2.90. The van der Waals surface area contributed by atoms with Crippen LogP contribution in [0.4, 0.5) is 17.1 Å². The predicted octanol–water partition coefficient (Wildman–Crippen LogP) is 5.25. The summed E-state index contributed by atoms with van der Waals surface area (Å²) in [4.78, 5) is 16.7. The van der Waals surface area contributed by atoms with E-state index in [2.05, 4.69) is 48.5 Å². The molecule has 0 spiro atoms. The van der Waals surface area contributed by atoms with Crippen molar-refractivity contribution in [1.82, 2.24) is 4.98 Å². The Balaban J connectivity index is 1.81. The average molecular weight is 370 g/mol. The molecule has 5 nitrogen and oxygen atoms in total. The number of para-hydroxylation sites is 1. The van der Waals surface area contributed by atoms with Crippen molar-refractivity contribution in [3.05, 3.63) is 83.7 Å².